The van der Waals surface area contributed by atoms with Crippen LogP contribution in [0.25, 0.3) is 10.9 Å². The van der Waals surface area contributed by atoms with Gasteiger partial charge in [0.05, 0.1) is 19.2 Å². The third-order valence-corrected chi connectivity index (χ3v) is 5.79. The lowest BCUT2D eigenvalue weighted by molar-refractivity contribution is -0.139. The SMILES string of the molecule is COc1ccc2cc(C(=O)N[C@@H](Cc3ccccc3)C(=O)O)c(=O)n3c2c1OCCCCC3. The van der Waals surface area contributed by atoms with Crippen LogP contribution < -0.4 is 20.3 Å². The Labute approximate surface area is 190 Å². The van der Waals surface area contributed by atoms with Crippen LogP contribution in [-0.4, -0.2) is 41.3 Å². The van der Waals surface area contributed by atoms with Crippen molar-refractivity contribution in [3.8, 4) is 11.5 Å². The second kappa shape index (κ2) is 9.77. The van der Waals surface area contributed by atoms with Gasteiger partial charge >= 0.3 is 5.97 Å². The van der Waals surface area contributed by atoms with Crippen LogP contribution in [0.15, 0.2) is 53.3 Å². The van der Waals surface area contributed by atoms with Crippen LogP contribution in [-0.2, 0) is 17.8 Å². The van der Waals surface area contributed by atoms with Gasteiger partial charge in [-0.1, -0.05) is 30.3 Å². The Balaban J connectivity index is 1.75. The van der Waals surface area contributed by atoms with E-state index in [1.165, 1.54) is 13.2 Å². The summed E-state index contributed by atoms with van der Waals surface area (Å²) in [7, 11) is 1.54. The molecule has 0 bridgehead atoms. The molecule has 0 radical (unpaired) electrons. The lowest BCUT2D eigenvalue weighted by Gasteiger charge is -2.18. The molecule has 172 valence electrons. The molecule has 8 heteroatoms. The number of benzene rings is 2. The van der Waals surface area contributed by atoms with Crippen molar-refractivity contribution in [3.63, 3.8) is 0 Å². The number of amides is 1. The summed E-state index contributed by atoms with van der Waals surface area (Å²) in [5, 5.41) is 12.8. The molecule has 0 fully saturated rings. The van der Waals surface area contributed by atoms with Crippen molar-refractivity contribution in [1.82, 2.24) is 9.88 Å². The standard InChI is InChI=1S/C25H26N2O6/c1-32-20-11-10-17-15-18(24(29)27-12-6-3-7-13-33-22(20)21(17)27)23(28)26-19(25(30)31)14-16-8-4-2-5-9-16/h2,4-5,8-11,15,19H,3,6-7,12-14H2,1H3,(H,26,28)(H,30,31)/t19-/m0/s1. The van der Waals surface area contributed by atoms with Crippen LogP contribution in [0.3, 0.4) is 0 Å². The summed E-state index contributed by atoms with van der Waals surface area (Å²) in [4.78, 5) is 38.3. The van der Waals surface area contributed by atoms with Gasteiger partial charge in [-0.25, -0.2) is 4.79 Å². The number of rotatable bonds is 6. The number of methoxy groups -OCH3 is 1. The van der Waals surface area contributed by atoms with Crippen LogP contribution in [0, 0.1) is 0 Å². The van der Waals surface area contributed by atoms with Crippen molar-refractivity contribution >= 4 is 22.8 Å². The number of nitrogens with one attached hydrogen (secondary N) is 1. The minimum Gasteiger partial charge on any atom is -0.493 e. The highest BCUT2D eigenvalue weighted by atomic mass is 16.5. The number of aromatic nitrogens is 1. The van der Waals surface area contributed by atoms with E-state index in [4.69, 9.17) is 9.47 Å². The molecule has 8 nitrogen and oxygen atoms in total. The molecule has 1 aromatic heterocycles. The van der Waals surface area contributed by atoms with E-state index in [9.17, 15) is 19.5 Å². The molecular formula is C25H26N2O6. The summed E-state index contributed by atoms with van der Waals surface area (Å²) in [6.07, 6.45) is 2.58. The quantitative estimate of drug-likeness (QED) is 0.598. The molecule has 0 aliphatic carbocycles. The first-order chi connectivity index (χ1) is 16.0. The minimum absolute atomic E-state index is 0.0998. The van der Waals surface area contributed by atoms with Crippen LogP contribution in [0.4, 0.5) is 0 Å². The number of hydrogen-bond acceptors (Lipinski definition) is 5. The molecule has 1 aliphatic heterocycles. The van der Waals surface area contributed by atoms with E-state index in [1.807, 2.05) is 6.07 Å². The van der Waals surface area contributed by atoms with E-state index in [1.54, 1.807) is 41.0 Å². The third kappa shape index (κ3) is 4.69. The number of nitrogens with zero attached hydrogens (tertiary/aromatic N) is 1. The van der Waals surface area contributed by atoms with Gasteiger partial charge in [0.25, 0.3) is 11.5 Å². The number of aryl methyl sites for hydroxylation is 1. The van der Waals surface area contributed by atoms with Gasteiger partial charge in [0.15, 0.2) is 11.5 Å². The number of carboxylic acid groups (broad SMARTS) is 1. The Morgan fingerprint density at radius 1 is 1.15 bits per heavy atom. The lowest BCUT2D eigenvalue weighted by Crippen LogP contribution is -2.44. The van der Waals surface area contributed by atoms with Gasteiger partial charge in [-0.05, 0) is 43.0 Å². The van der Waals surface area contributed by atoms with Crippen molar-refractivity contribution in [2.24, 2.45) is 0 Å². The maximum Gasteiger partial charge on any atom is 0.326 e. The molecule has 33 heavy (non-hydrogen) atoms. The number of carboxylic acids is 1. The average Bonchev–Trinajstić information content (AvgIpc) is 2.93. The molecular weight excluding hydrogens is 424 g/mol. The van der Waals surface area contributed by atoms with Crippen molar-refractivity contribution in [1.29, 1.82) is 0 Å². The van der Waals surface area contributed by atoms with Gasteiger partial charge in [-0.3, -0.25) is 9.59 Å². The number of carbonyl (C=O) groups excluding carboxylic acids is 1. The van der Waals surface area contributed by atoms with Crippen molar-refractivity contribution in [2.75, 3.05) is 13.7 Å². The monoisotopic (exact) mass is 450 g/mol. The van der Waals surface area contributed by atoms with Crippen LogP contribution in [0.5, 0.6) is 11.5 Å². The van der Waals surface area contributed by atoms with Crippen molar-refractivity contribution in [2.45, 2.75) is 38.3 Å². The maximum absolute atomic E-state index is 13.4. The Bertz CT molecular complexity index is 1240. The Hall–Kier alpha value is -3.81. The van der Waals surface area contributed by atoms with Crippen LogP contribution in [0.2, 0.25) is 0 Å². The molecule has 2 aromatic carbocycles. The number of carbonyl (C=O) groups is 2. The lowest BCUT2D eigenvalue weighted by atomic mass is 10.0. The Kier molecular flexibility index (Phi) is 6.63. The molecule has 1 atom stereocenters. The molecule has 3 aromatic rings. The smallest absolute Gasteiger partial charge is 0.326 e. The highest BCUT2D eigenvalue weighted by molar-refractivity contribution is 6.00. The fourth-order valence-electron chi connectivity index (χ4n) is 4.11. The first kappa shape index (κ1) is 22.4. The van der Waals surface area contributed by atoms with Gasteiger partial charge in [0, 0.05) is 18.4 Å². The molecule has 4 rings (SSSR count). The zero-order valence-corrected chi connectivity index (χ0v) is 18.4. The Morgan fingerprint density at radius 2 is 1.94 bits per heavy atom. The summed E-state index contributed by atoms with van der Waals surface area (Å²) < 4.78 is 12.9. The zero-order valence-electron chi connectivity index (χ0n) is 18.4. The van der Waals surface area contributed by atoms with E-state index in [2.05, 4.69) is 5.32 Å². The zero-order chi connectivity index (χ0) is 23.4. The highest BCUT2D eigenvalue weighted by Crippen LogP contribution is 2.36. The second-order valence-corrected chi connectivity index (χ2v) is 8.01. The van der Waals surface area contributed by atoms with Gasteiger partial charge in [-0.15, -0.1) is 0 Å². The summed E-state index contributed by atoms with van der Waals surface area (Å²) in [5.74, 6) is -0.885. The molecule has 1 amide bonds. The van der Waals surface area contributed by atoms with Gasteiger partial charge in [-0.2, -0.15) is 0 Å². The van der Waals surface area contributed by atoms with Gasteiger partial charge in [0.1, 0.15) is 11.6 Å². The van der Waals surface area contributed by atoms with E-state index in [-0.39, 0.29) is 12.0 Å². The van der Waals surface area contributed by atoms with Crippen LogP contribution >= 0.6 is 0 Å². The number of pyridine rings is 1. The van der Waals surface area contributed by atoms with Crippen LogP contribution in [0.1, 0.15) is 35.2 Å². The van der Waals surface area contributed by atoms with Crippen molar-refractivity contribution < 1.29 is 24.2 Å². The number of ether oxygens (including phenoxy) is 2. The fraction of sp³-hybridized carbons (Fsp3) is 0.320. The summed E-state index contributed by atoms with van der Waals surface area (Å²) >= 11 is 0. The summed E-state index contributed by atoms with van der Waals surface area (Å²) in [6.45, 7) is 0.929. The van der Waals surface area contributed by atoms with E-state index >= 15 is 0 Å². The molecule has 0 saturated heterocycles. The first-order valence-electron chi connectivity index (χ1n) is 10.9. The summed E-state index contributed by atoms with van der Waals surface area (Å²) in [5.41, 5.74) is 0.770. The predicted molar refractivity (Wildman–Crippen MR) is 123 cm³/mol. The van der Waals surface area contributed by atoms with E-state index in [0.717, 1.165) is 24.8 Å². The largest absolute Gasteiger partial charge is 0.493 e. The third-order valence-electron chi connectivity index (χ3n) is 5.79. The van der Waals surface area contributed by atoms with Crippen molar-refractivity contribution in [3.05, 3.63) is 70.0 Å². The average molecular weight is 450 g/mol. The predicted octanol–water partition coefficient (Wildman–Crippen LogP) is 3.00. The topological polar surface area (TPSA) is 107 Å². The highest BCUT2D eigenvalue weighted by Gasteiger charge is 2.25. The number of aliphatic carboxylic acids is 1. The first-order valence-corrected chi connectivity index (χ1v) is 10.9. The summed E-state index contributed by atoms with van der Waals surface area (Å²) in [6, 6.07) is 12.9. The fourth-order valence-corrected chi connectivity index (χ4v) is 4.11. The number of hydrogen-bond donors (Lipinski definition) is 2. The molecule has 2 heterocycles. The minimum atomic E-state index is -1.17. The Morgan fingerprint density at radius 3 is 2.67 bits per heavy atom. The molecule has 0 saturated carbocycles. The molecule has 0 unspecified atom stereocenters. The second-order valence-electron chi connectivity index (χ2n) is 8.01. The van der Waals surface area contributed by atoms with E-state index in [0.29, 0.717) is 35.6 Å². The normalized spacial score (nSPS) is 14.3. The molecule has 0 spiro atoms. The van der Waals surface area contributed by atoms with E-state index < -0.39 is 23.5 Å². The molecule has 1 aliphatic rings. The maximum atomic E-state index is 13.4. The molecule has 2 N–H and O–H groups in total. The van der Waals surface area contributed by atoms with Gasteiger partial charge in [0.2, 0.25) is 0 Å². The van der Waals surface area contributed by atoms with Gasteiger partial charge < -0.3 is 24.5 Å².